The molecule has 0 aliphatic heterocycles. The molecule has 0 bridgehead atoms. The van der Waals surface area contributed by atoms with Crippen LogP contribution in [0.3, 0.4) is 0 Å². The van der Waals surface area contributed by atoms with Crippen LogP contribution in [-0.2, 0) is 0 Å². The van der Waals surface area contributed by atoms with Gasteiger partial charge in [-0.15, -0.1) is 0 Å². The second-order valence-corrected chi connectivity index (χ2v) is 4.49. The first-order valence-electron chi connectivity index (χ1n) is 6.31. The smallest absolute Gasteiger partial charge is 0.166 e. The summed E-state index contributed by atoms with van der Waals surface area (Å²) in [7, 11) is 0. The maximum atomic E-state index is 14.0. The van der Waals surface area contributed by atoms with Gasteiger partial charge in [-0.2, -0.15) is 0 Å². The SMILES string of the molecule is N=C(N)c1ccc(Oc2cccc3ncccc23)c(F)c1. The Hall–Kier alpha value is -2.95. The van der Waals surface area contributed by atoms with Crippen LogP contribution in [0.5, 0.6) is 11.5 Å². The first-order chi connectivity index (χ1) is 10.1. The quantitative estimate of drug-likeness (QED) is 0.570. The lowest BCUT2D eigenvalue weighted by atomic mass is 10.2. The second-order valence-electron chi connectivity index (χ2n) is 4.49. The standard InChI is InChI=1S/C16H12FN3O/c17-12-9-10(16(18)19)6-7-15(12)21-14-5-1-4-13-11(14)3-2-8-20-13/h1-9H,(H3,18,19). The van der Waals surface area contributed by atoms with Crippen LogP contribution in [0.15, 0.2) is 54.7 Å². The van der Waals surface area contributed by atoms with E-state index < -0.39 is 5.82 Å². The fourth-order valence-corrected chi connectivity index (χ4v) is 2.03. The number of rotatable bonds is 3. The van der Waals surface area contributed by atoms with Gasteiger partial charge >= 0.3 is 0 Å². The molecule has 3 rings (SSSR count). The van der Waals surface area contributed by atoms with Crippen molar-refractivity contribution in [3.63, 3.8) is 0 Å². The molecule has 0 atom stereocenters. The number of fused-ring (bicyclic) bond motifs is 1. The summed E-state index contributed by atoms with van der Waals surface area (Å²) in [5.41, 5.74) is 6.42. The van der Waals surface area contributed by atoms with E-state index in [1.807, 2.05) is 12.1 Å². The van der Waals surface area contributed by atoms with Crippen molar-refractivity contribution in [2.45, 2.75) is 0 Å². The van der Waals surface area contributed by atoms with Crippen LogP contribution in [-0.4, -0.2) is 10.8 Å². The van der Waals surface area contributed by atoms with Crippen molar-refractivity contribution in [3.05, 3.63) is 66.1 Å². The number of benzene rings is 2. The van der Waals surface area contributed by atoms with Gasteiger partial charge in [0.25, 0.3) is 0 Å². The largest absolute Gasteiger partial charge is 0.454 e. The molecule has 4 nitrogen and oxygen atoms in total. The average molecular weight is 281 g/mol. The molecule has 1 aromatic heterocycles. The molecule has 5 heteroatoms. The third-order valence-corrected chi connectivity index (χ3v) is 3.07. The van der Waals surface area contributed by atoms with Crippen molar-refractivity contribution < 1.29 is 9.13 Å². The number of amidine groups is 1. The van der Waals surface area contributed by atoms with Crippen molar-refractivity contribution in [3.8, 4) is 11.5 Å². The average Bonchev–Trinajstić information content (AvgIpc) is 2.49. The summed E-state index contributed by atoms with van der Waals surface area (Å²) < 4.78 is 19.6. The van der Waals surface area contributed by atoms with E-state index >= 15 is 0 Å². The van der Waals surface area contributed by atoms with Crippen molar-refractivity contribution in [1.82, 2.24) is 4.98 Å². The number of nitrogens with one attached hydrogen (secondary N) is 1. The Morgan fingerprint density at radius 2 is 1.95 bits per heavy atom. The molecule has 0 saturated carbocycles. The van der Waals surface area contributed by atoms with Gasteiger partial charge in [0.1, 0.15) is 11.6 Å². The first-order valence-corrected chi connectivity index (χ1v) is 6.31. The fraction of sp³-hybridized carbons (Fsp3) is 0. The summed E-state index contributed by atoms with van der Waals surface area (Å²) >= 11 is 0. The Bertz CT molecular complexity index is 827. The minimum Gasteiger partial charge on any atom is -0.454 e. The minimum absolute atomic E-state index is 0.0800. The molecule has 2 aromatic carbocycles. The monoisotopic (exact) mass is 281 g/mol. The van der Waals surface area contributed by atoms with Gasteiger partial charge in [0.2, 0.25) is 0 Å². The number of hydrogen-bond acceptors (Lipinski definition) is 3. The Labute approximate surface area is 120 Å². The summed E-state index contributed by atoms with van der Waals surface area (Å²) in [5, 5.41) is 8.09. The Kier molecular flexibility index (Phi) is 3.23. The van der Waals surface area contributed by atoms with E-state index in [4.69, 9.17) is 15.9 Å². The van der Waals surface area contributed by atoms with Crippen LogP contribution in [0.4, 0.5) is 4.39 Å². The number of halogens is 1. The number of nitrogens with zero attached hydrogens (tertiary/aromatic N) is 1. The third kappa shape index (κ3) is 2.53. The molecule has 0 amide bonds. The summed E-state index contributed by atoms with van der Waals surface area (Å²) in [5.74, 6) is -0.148. The number of hydrogen-bond donors (Lipinski definition) is 2. The van der Waals surface area contributed by atoms with Gasteiger partial charge in [0, 0.05) is 17.1 Å². The van der Waals surface area contributed by atoms with Gasteiger partial charge in [-0.05, 0) is 42.5 Å². The van der Waals surface area contributed by atoms with Crippen LogP contribution in [0, 0.1) is 11.2 Å². The van der Waals surface area contributed by atoms with Gasteiger partial charge in [-0.1, -0.05) is 6.07 Å². The minimum atomic E-state index is -0.566. The van der Waals surface area contributed by atoms with Gasteiger partial charge in [0.15, 0.2) is 11.6 Å². The molecule has 0 unspecified atom stereocenters. The van der Waals surface area contributed by atoms with Crippen LogP contribution in [0.25, 0.3) is 10.9 Å². The molecule has 3 aromatic rings. The molecule has 21 heavy (non-hydrogen) atoms. The lowest BCUT2D eigenvalue weighted by Crippen LogP contribution is -2.11. The van der Waals surface area contributed by atoms with E-state index in [2.05, 4.69) is 4.98 Å². The molecule has 0 aliphatic carbocycles. The van der Waals surface area contributed by atoms with E-state index in [0.29, 0.717) is 11.3 Å². The lowest BCUT2D eigenvalue weighted by Gasteiger charge is -2.10. The zero-order valence-electron chi connectivity index (χ0n) is 11.0. The Balaban J connectivity index is 2.01. The van der Waals surface area contributed by atoms with Crippen LogP contribution < -0.4 is 10.5 Å². The number of pyridine rings is 1. The van der Waals surface area contributed by atoms with Crippen molar-refractivity contribution in [1.29, 1.82) is 5.41 Å². The number of nitrogen functional groups attached to an aromatic ring is 1. The maximum Gasteiger partial charge on any atom is 0.166 e. The van der Waals surface area contributed by atoms with E-state index in [-0.39, 0.29) is 11.6 Å². The first kappa shape index (κ1) is 13.1. The van der Waals surface area contributed by atoms with E-state index in [1.54, 1.807) is 30.5 Å². The van der Waals surface area contributed by atoms with Gasteiger partial charge < -0.3 is 10.5 Å². The molecule has 0 radical (unpaired) electrons. The van der Waals surface area contributed by atoms with Crippen LogP contribution >= 0.6 is 0 Å². The van der Waals surface area contributed by atoms with Crippen molar-refractivity contribution in [2.24, 2.45) is 5.73 Å². The summed E-state index contributed by atoms with van der Waals surface area (Å²) in [6, 6.07) is 13.3. The highest BCUT2D eigenvalue weighted by atomic mass is 19.1. The van der Waals surface area contributed by atoms with Crippen molar-refractivity contribution in [2.75, 3.05) is 0 Å². The molecule has 1 heterocycles. The van der Waals surface area contributed by atoms with Gasteiger partial charge in [0.05, 0.1) is 5.52 Å². The maximum absolute atomic E-state index is 14.0. The highest BCUT2D eigenvalue weighted by Gasteiger charge is 2.09. The second kappa shape index (κ2) is 5.20. The van der Waals surface area contributed by atoms with E-state index in [1.165, 1.54) is 12.1 Å². The zero-order chi connectivity index (χ0) is 14.8. The molecule has 104 valence electrons. The van der Waals surface area contributed by atoms with Crippen LogP contribution in [0.2, 0.25) is 0 Å². The molecule has 0 saturated heterocycles. The molecular formula is C16H12FN3O. The van der Waals surface area contributed by atoms with E-state index in [0.717, 1.165) is 10.9 Å². The Morgan fingerprint density at radius 1 is 1.10 bits per heavy atom. The summed E-state index contributed by atoms with van der Waals surface area (Å²) in [6.45, 7) is 0. The molecule has 0 aliphatic rings. The fourth-order valence-electron chi connectivity index (χ4n) is 2.03. The third-order valence-electron chi connectivity index (χ3n) is 3.07. The predicted molar refractivity (Wildman–Crippen MR) is 79.2 cm³/mol. The molecule has 0 fully saturated rings. The van der Waals surface area contributed by atoms with Gasteiger partial charge in [-0.3, -0.25) is 10.4 Å². The molecule has 3 N–H and O–H groups in total. The molecule has 0 spiro atoms. The highest BCUT2D eigenvalue weighted by molar-refractivity contribution is 5.95. The lowest BCUT2D eigenvalue weighted by molar-refractivity contribution is 0.446. The predicted octanol–water partition coefficient (Wildman–Crippen LogP) is 3.45. The van der Waals surface area contributed by atoms with E-state index in [9.17, 15) is 4.39 Å². The summed E-state index contributed by atoms with van der Waals surface area (Å²) in [6.07, 6.45) is 1.69. The topological polar surface area (TPSA) is 72.0 Å². The zero-order valence-corrected chi connectivity index (χ0v) is 11.0. The normalized spacial score (nSPS) is 10.5. The molecular weight excluding hydrogens is 269 g/mol. The number of aromatic nitrogens is 1. The summed E-state index contributed by atoms with van der Waals surface area (Å²) in [4.78, 5) is 4.22. The number of ether oxygens (including phenoxy) is 1. The van der Waals surface area contributed by atoms with Gasteiger partial charge in [-0.25, -0.2) is 4.39 Å². The highest BCUT2D eigenvalue weighted by Crippen LogP contribution is 2.30. The van der Waals surface area contributed by atoms with Crippen LogP contribution in [0.1, 0.15) is 5.56 Å². The number of nitrogens with two attached hydrogens (primary N) is 1. The van der Waals surface area contributed by atoms with Crippen molar-refractivity contribution >= 4 is 16.7 Å². The Morgan fingerprint density at radius 3 is 2.71 bits per heavy atom.